The highest BCUT2D eigenvalue weighted by molar-refractivity contribution is 7.89. The van der Waals surface area contributed by atoms with Gasteiger partial charge in [0.1, 0.15) is 11.6 Å². The van der Waals surface area contributed by atoms with Crippen molar-refractivity contribution in [1.82, 2.24) is 24.4 Å². The number of sulfonamides is 1. The first-order chi connectivity index (χ1) is 13.1. The Bertz CT molecular complexity index is 984. The average Bonchev–Trinajstić information content (AvgIpc) is 3.28. The van der Waals surface area contributed by atoms with Crippen LogP contribution in [0.5, 0.6) is 0 Å². The first-order valence-electron chi connectivity index (χ1n) is 8.82. The average molecular weight is 404 g/mol. The SMILES string of the molecule is O=S(=O)(NCc1nnc2n1CCN(Cc1cccs1)CC2)c1ccccc1. The van der Waals surface area contributed by atoms with Gasteiger partial charge in [0.05, 0.1) is 11.4 Å². The van der Waals surface area contributed by atoms with Gasteiger partial charge in [0.15, 0.2) is 0 Å². The van der Waals surface area contributed by atoms with E-state index >= 15 is 0 Å². The van der Waals surface area contributed by atoms with E-state index < -0.39 is 10.0 Å². The summed E-state index contributed by atoms with van der Waals surface area (Å²) in [5.41, 5.74) is 0. The summed E-state index contributed by atoms with van der Waals surface area (Å²) in [4.78, 5) is 4.00. The van der Waals surface area contributed by atoms with Crippen molar-refractivity contribution >= 4 is 21.4 Å². The predicted molar refractivity (Wildman–Crippen MR) is 104 cm³/mol. The van der Waals surface area contributed by atoms with Crippen LogP contribution in [0, 0.1) is 0 Å². The molecular weight excluding hydrogens is 382 g/mol. The predicted octanol–water partition coefficient (Wildman–Crippen LogP) is 1.88. The van der Waals surface area contributed by atoms with Crippen LogP contribution < -0.4 is 4.72 Å². The minimum atomic E-state index is -3.56. The normalized spacial score (nSPS) is 15.4. The molecule has 142 valence electrons. The highest BCUT2D eigenvalue weighted by Gasteiger charge is 2.20. The maximum absolute atomic E-state index is 12.4. The number of hydrogen-bond donors (Lipinski definition) is 1. The molecule has 1 aliphatic rings. The topological polar surface area (TPSA) is 80.1 Å². The van der Waals surface area contributed by atoms with Crippen LogP contribution in [0.2, 0.25) is 0 Å². The van der Waals surface area contributed by atoms with Crippen molar-refractivity contribution < 1.29 is 8.42 Å². The molecule has 1 aliphatic heterocycles. The number of nitrogens with one attached hydrogen (secondary N) is 1. The Kier molecular flexibility index (Phi) is 5.35. The van der Waals surface area contributed by atoms with Crippen LogP contribution in [0.3, 0.4) is 0 Å². The van der Waals surface area contributed by atoms with Gasteiger partial charge in [0.2, 0.25) is 10.0 Å². The highest BCUT2D eigenvalue weighted by atomic mass is 32.2. The molecular formula is C18H21N5O2S2. The monoisotopic (exact) mass is 403 g/mol. The fraction of sp³-hybridized carbons (Fsp3) is 0.333. The van der Waals surface area contributed by atoms with Crippen LogP contribution >= 0.6 is 11.3 Å². The summed E-state index contributed by atoms with van der Waals surface area (Å²) in [6, 6.07) is 12.6. The zero-order valence-electron chi connectivity index (χ0n) is 14.8. The standard InChI is InChI=1S/C18H21N5O2S2/c24-27(25,16-6-2-1-3-7-16)19-13-18-21-20-17-8-9-22(10-11-23(17)18)14-15-5-4-12-26-15/h1-7,12,19H,8-11,13-14H2. The van der Waals surface area contributed by atoms with E-state index in [0.717, 1.165) is 38.4 Å². The molecule has 0 radical (unpaired) electrons. The Morgan fingerprint density at radius 3 is 2.67 bits per heavy atom. The molecule has 0 fully saturated rings. The smallest absolute Gasteiger partial charge is 0.240 e. The second-order valence-electron chi connectivity index (χ2n) is 6.43. The molecule has 0 saturated carbocycles. The maximum atomic E-state index is 12.4. The largest absolute Gasteiger partial charge is 0.313 e. The zero-order chi connectivity index (χ0) is 18.7. The lowest BCUT2D eigenvalue weighted by atomic mass is 10.3. The number of aromatic nitrogens is 3. The maximum Gasteiger partial charge on any atom is 0.240 e. The van der Waals surface area contributed by atoms with E-state index in [1.807, 2.05) is 4.57 Å². The van der Waals surface area contributed by atoms with E-state index in [1.54, 1.807) is 41.7 Å². The lowest BCUT2D eigenvalue weighted by Crippen LogP contribution is -2.27. The van der Waals surface area contributed by atoms with Crippen molar-refractivity contribution in [2.24, 2.45) is 0 Å². The number of rotatable bonds is 6. The molecule has 7 nitrogen and oxygen atoms in total. The van der Waals surface area contributed by atoms with Gasteiger partial charge in [-0.15, -0.1) is 21.5 Å². The van der Waals surface area contributed by atoms with E-state index in [4.69, 9.17) is 0 Å². The van der Waals surface area contributed by atoms with Gasteiger partial charge in [-0.3, -0.25) is 4.90 Å². The van der Waals surface area contributed by atoms with E-state index in [9.17, 15) is 8.42 Å². The molecule has 0 bridgehead atoms. The number of thiophene rings is 1. The molecule has 1 aromatic carbocycles. The van der Waals surface area contributed by atoms with Gasteiger partial charge in [-0.25, -0.2) is 13.1 Å². The quantitative estimate of drug-likeness (QED) is 0.680. The van der Waals surface area contributed by atoms with Gasteiger partial charge >= 0.3 is 0 Å². The molecule has 4 rings (SSSR count). The Hall–Kier alpha value is -2.07. The van der Waals surface area contributed by atoms with Crippen molar-refractivity contribution in [3.8, 4) is 0 Å². The van der Waals surface area contributed by atoms with Crippen LogP contribution in [-0.2, 0) is 36.1 Å². The van der Waals surface area contributed by atoms with Gasteiger partial charge in [-0.05, 0) is 23.6 Å². The van der Waals surface area contributed by atoms with Crippen LogP contribution in [-0.4, -0.2) is 41.2 Å². The summed E-state index contributed by atoms with van der Waals surface area (Å²) in [5, 5.41) is 10.6. The Morgan fingerprint density at radius 1 is 1.04 bits per heavy atom. The Balaban J connectivity index is 1.42. The second-order valence-corrected chi connectivity index (χ2v) is 9.23. The van der Waals surface area contributed by atoms with Crippen LogP contribution in [0.15, 0.2) is 52.7 Å². The number of hydrogen-bond acceptors (Lipinski definition) is 6. The van der Waals surface area contributed by atoms with Gasteiger partial charge in [0, 0.05) is 37.5 Å². The van der Waals surface area contributed by atoms with Gasteiger partial charge in [-0.1, -0.05) is 24.3 Å². The van der Waals surface area contributed by atoms with Crippen molar-refractivity contribution in [2.45, 2.75) is 31.0 Å². The second kappa shape index (κ2) is 7.89. The van der Waals surface area contributed by atoms with Crippen LogP contribution in [0.4, 0.5) is 0 Å². The van der Waals surface area contributed by atoms with Crippen molar-refractivity contribution in [3.63, 3.8) is 0 Å². The summed E-state index contributed by atoms with van der Waals surface area (Å²) < 4.78 is 29.5. The summed E-state index contributed by atoms with van der Waals surface area (Å²) >= 11 is 1.77. The third kappa shape index (κ3) is 4.27. The lowest BCUT2D eigenvalue weighted by Gasteiger charge is -2.18. The fourth-order valence-electron chi connectivity index (χ4n) is 3.18. The molecule has 3 heterocycles. The molecule has 27 heavy (non-hydrogen) atoms. The highest BCUT2D eigenvalue weighted by Crippen LogP contribution is 2.16. The van der Waals surface area contributed by atoms with Crippen LogP contribution in [0.1, 0.15) is 16.5 Å². The molecule has 0 atom stereocenters. The summed E-state index contributed by atoms with van der Waals surface area (Å²) in [5.74, 6) is 1.57. The molecule has 3 aromatic rings. The van der Waals surface area contributed by atoms with Gasteiger partial charge < -0.3 is 4.57 Å². The number of benzene rings is 1. The summed E-state index contributed by atoms with van der Waals surface area (Å²) in [6.07, 6.45) is 0.809. The number of nitrogens with zero attached hydrogens (tertiary/aromatic N) is 4. The minimum Gasteiger partial charge on any atom is -0.313 e. The Morgan fingerprint density at radius 2 is 1.89 bits per heavy atom. The molecule has 0 aliphatic carbocycles. The first kappa shape index (κ1) is 18.3. The lowest BCUT2D eigenvalue weighted by molar-refractivity contribution is 0.272. The molecule has 0 saturated heterocycles. The van der Waals surface area contributed by atoms with Gasteiger partial charge in [0.25, 0.3) is 0 Å². The van der Waals surface area contributed by atoms with Gasteiger partial charge in [-0.2, -0.15) is 0 Å². The first-order valence-corrected chi connectivity index (χ1v) is 11.2. The minimum absolute atomic E-state index is 0.134. The van der Waals surface area contributed by atoms with E-state index in [2.05, 4.69) is 37.3 Å². The van der Waals surface area contributed by atoms with E-state index in [0.29, 0.717) is 5.82 Å². The molecule has 2 aromatic heterocycles. The third-order valence-corrected chi connectivity index (χ3v) is 6.91. The zero-order valence-corrected chi connectivity index (χ0v) is 16.4. The molecule has 0 unspecified atom stereocenters. The molecule has 0 spiro atoms. The van der Waals surface area contributed by atoms with Crippen molar-refractivity contribution in [3.05, 3.63) is 64.4 Å². The van der Waals surface area contributed by atoms with Crippen molar-refractivity contribution in [2.75, 3.05) is 13.1 Å². The summed E-state index contributed by atoms with van der Waals surface area (Å²) in [7, 11) is -3.56. The Labute approximate surface area is 162 Å². The molecule has 1 N–H and O–H groups in total. The fourth-order valence-corrected chi connectivity index (χ4v) is 4.93. The van der Waals surface area contributed by atoms with E-state index in [1.165, 1.54) is 4.88 Å². The third-order valence-electron chi connectivity index (χ3n) is 4.63. The van der Waals surface area contributed by atoms with Crippen molar-refractivity contribution in [1.29, 1.82) is 0 Å². The molecule has 9 heteroatoms. The van der Waals surface area contributed by atoms with E-state index in [-0.39, 0.29) is 11.4 Å². The number of fused-ring (bicyclic) bond motifs is 1. The molecule has 0 amide bonds. The summed E-state index contributed by atoms with van der Waals surface area (Å²) in [6.45, 7) is 3.64. The van der Waals surface area contributed by atoms with Crippen LogP contribution in [0.25, 0.3) is 0 Å².